The molecule has 0 spiro atoms. The number of nitrogens with one attached hydrogen (secondary N) is 1. The van der Waals surface area contributed by atoms with Crippen LogP contribution in [0, 0.1) is 6.92 Å². The molecule has 1 heterocycles. The van der Waals surface area contributed by atoms with Gasteiger partial charge in [-0.2, -0.15) is 4.72 Å². The van der Waals surface area contributed by atoms with E-state index in [9.17, 15) is 13.2 Å². The number of carbonyl (C=O) groups excluding carboxylic acids is 1. The fourth-order valence-corrected chi connectivity index (χ4v) is 4.52. The van der Waals surface area contributed by atoms with Crippen molar-refractivity contribution in [2.45, 2.75) is 37.8 Å². The van der Waals surface area contributed by atoms with E-state index in [1.807, 2.05) is 18.2 Å². The van der Waals surface area contributed by atoms with Gasteiger partial charge in [-0.3, -0.25) is 4.79 Å². The number of carbonyl (C=O) groups is 1. The largest absolute Gasteiger partial charge is 0.337 e. The molecule has 0 bridgehead atoms. The third-order valence-corrected chi connectivity index (χ3v) is 6.54. The molecular weight excluding hydrogens is 372 g/mol. The molecule has 0 aliphatic carbocycles. The highest BCUT2D eigenvalue weighted by atomic mass is 35.5. The number of hydrogen-bond acceptors (Lipinski definition) is 3. The van der Waals surface area contributed by atoms with Crippen molar-refractivity contribution in [3.63, 3.8) is 0 Å². The monoisotopic (exact) mass is 392 g/mol. The summed E-state index contributed by atoms with van der Waals surface area (Å²) >= 11 is 6.02. The lowest BCUT2D eigenvalue weighted by atomic mass is 9.99. The van der Waals surface area contributed by atoms with Crippen molar-refractivity contribution in [1.82, 2.24) is 9.62 Å². The van der Waals surface area contributed by atoms with Crippen LogP contribution < -0.4 is 4.72 Å². The number of sulfonamides is 1. The van der Waals surface area contributed by atoms with Crippen LogP contribution in [-0.4, -0.2) is 31.8 Å². The SMILES string of the molecule is Cc1ccc(S(=O)(=O)N[C@@H](C)C(=O)N2CCc3ccccc3C2)cc1Cl. The van der Waals surface area contributed by atoms with Crippen LogP contribution in [0.5, 0.6) is 0 Å². The van der Waals surface area contributed by atoms with Gasteiger partial charge in [-0.05, 0) is 49.1 Å². The van der Waals surface area contributed by atoms with Gasteiger partial charge in [-0.15, -0.1) is 0 Å². The molecule has 1 aliphatic rings. The first-order valence-electron chi connectivity index (χ1n) is 8.42. The van der Waals surface area contributed by atoms with E-state index in [1.165, 1.54) is 17.7 Å². The van der Waals surface area contributed by atoms with Crippen molar-refractivity contribution in [2.24, 2.45) is 0 Å². The number of fused-ring (bicyclic) bond motifs is 1. The molecule has 3 rings (SSSR count). The quantitative estimate of drug-likeness (QED) is 0.869. The number of nitrogens with zero attached hydrogens (tertiary/aromatic N) is 1. The molecule has 2 aromatic carbocycles. The second-order valence-electron chi connectivity index (χ2n) is 6.53. The molecule has 1 amide bonds. The van der Waals surface area contributed by atoms with Crippen LogP contribution in [0.3, 0.4) is 0 Å². The van der Waals surface area contributed by atoms with E-state index in [0.717, 1.165) is 17.5 Å². The zero-order valence-electron chi connectivity index (χ0n) is 14.7. The average molecular weight is 393 g/mol. The molecule has 0 saturated heterocycles. The molecule has 0 fully saturated rings. The highest BCUT2D eigenvalue weighted by molar-refractivity contribution is 7.89. The summed E-state index contributed by atoms with van der Waals surface area (Å²) in [6.07, 6.45) is 0.773. The van der Waals surface area contributed by atoms with Gasteiger partial charge in [-0.1, -0.05) is 41.9 Å². The Morgan fingerprint density at radius 1 is 1.19 bits per heavy atom. The Kier molecular flexibility index (Phi) is 5.37. The Balaban J connectivity index is 1.72. The second-order valence-corrected chi connectivity index (χ2v) is 8.65. The Bertz CT molecular complexity index is 944. The Labute approximate surface area is 159 Å². The van der Waals surface area contributed by atoms with Crippen molar-refractivity contribution >= 4 is 27.5 Å². The average Bonchev–Trinajstić information content (AvgIpc) is 2.62. The molecule has 1 N–H and O–H groups in total. The van der Waals surface area contributed by atoms with Gasteiger partial charge in [0, 0.05) is 18.1 Å². The fraction of sp³-hybridized carbons (Fsp3) is 0.316. The lowest BCUT2D eigenvalue weighted by molar-refractivity contribution is -0.133. The topological polar surface area (TPSA) is 66.5 Å². The summed E-state index contributed by atoms with van der Waals surface area (Å²) in [6, 6.07) is 11.7. The highest BCUT2D eigenvalue weighted by Gasteiger charge is 2.28. The van der Waals surface area contributed by atoms with Gasteiger partial charge in [0.2, 0.25) is 15.9 Å². The maximum Gasteiger partial charge on any atom is 0.241 e. The molecule has 5 nitrogen and oxygen atoms in total. The van der Waals surface area contributed by atoms with Crippen LogP contribution in [0.4, 0.5) is 0 Å². The summed E-state index contributed by atoms with van der Waals surface area (Å²) in [5, 5.41) is 0.375. The first-order chi connectivity index (χ1) is 12.3. The molecule has 138 valence electrons. The number of rotatable bonds is 4. The van der Waals surface area contributed by atoms with Gasteiger partial charge in [0.15, 0.2) is 0 Å². The number of amides is 1. The lowest BCUT2D eigenvalue weighted by Gasteiger charge is -2.31. The summed E-state index contributed by atoms with van der Waals surface area (Å²) in [5.74, 6) is -0.235. The number of hydrogen-bond donors (Lipinski definition) is 1. The minimum atomic E-state index is -3.82. The standard InChI is InChI=1S/C19H21ClN2O3S/c1-13-7-8-17(11-18(13)20)26(24,25)21-14(2)19(23)22-10-9-15-5-3-4-6-16(15)12-22/h3-8,11,14,21H,9-10,12H2,1-2H3/t14-/m0/s1. The van der Waals surface area contributed by atoms with Gasteiger partial charge >= 0.3 is 0 Å². The predicted octanol–water partition coefficient (Wildman–Crippen LogP) is 2.90. The summed E-state index contributed by atoms with van der Waals surface area (Å²) < 4.78 is 27.6. The van der Waals surface area contributed by atoms with E-state index >= 15 is 0 Å². The highest BCUT2D eigenvalue weighted by Crippen LogP contribution is 2.21. The second kappa shape index (κ2) is 7.39. The molecule has 0 radical (unpaired) electrons. The minimum absolute atomic E-state index is 0.0525. The summed E-state index contributed by atoms with van der Waals surface area (Å²) in [5.41, 5.74) is 3.13. The zero-order valence-corrected chi connectivity index (χ0v) is 16.3. The first kappa shape index (κ1) is 18.9. The number of aryl methyl sites for hydroxylation is 1. The smallest absolute Gasteiger partial charge is 0.241 e. The van der Waals surface area contributed by atoms with Crippen LogP contribution >= 0.6 is 11.6 Å². The van der Waals surface area contributed by atoms with E-state index < -0.39 is 16.1 Å². The van der Waals surface area contributed by atoms with Crippen molar-refractivity contribution in [1.29, 1.82) is 0 Å². The number of benzene rings is 2. The van der Waals surface area contributed by atoms with E-state index in [4.69, 9.17) is 11.6 Å². The van der Waals surface area contributed by atoms with Crippen LogP contribution in [0.1, 0.15) is 23.6 Å². The predicted molar refractivity (Wildman–Crippen MR) is 102 cm³/mol. The zero-order chi connectivity index (χ0) is 18.9. The molecular formula is C19H21ClN2O3S. The van der Waals surface area contributed by atoms with Gasteiger partial charge in [0.1, 0.15) is 0 Å². The third kappa shape index (κ3) is 3.92. The molecule has 0 unspecified atom stereocenters. The maximum absolute atomic E-state index is 12.7. The molecule has 26 heavy (non-hydrogen) atoms. The molecule has 1 aliphatic heterocycles. The summed E-state index contributed by atoms with van der Waals surface area (Å²) in [6.45, 7) is 4.44. The first-order valence-corrected chi connectivity index (χ1v) is 10.3. The molecule has 0 saturated carbocycles. The molecule has 1 atom stereocenters. The Hall–Kier alpha value is -1.89. The summed E-state index contributed by atoms with van der Waals surface area (Å²) in [7, 11) is -3.82. The van der Waals surface area contributed by atoms with Gasteiger partial charge in [-0.25, -0.2) is 8.42 Å². The van der Waals surface area contributed by atoms with Crippen LogP contribution in [0.2, 0.25) is 5.02 Å². The van der Waals surface area contributed by atoms with Gasteiger partial charge < -0.3 is 4.90 Å². The van der Waals surface area contributed by atoms with Crippen LogP contribution in [-0.2, 0) is 27.8 Å². The van der Waals surface area contributed by atoms with Crippen LogP contribution in [0.15, 0.2) is 47.4 Å². The Morgan fingerprint density at radius 3 is 2.58 bits per heavy atom. The van der Waals surface area contributed by atoms with Crippen LogP contribution in [0.25, 0.3) is 0 Å². The van der Waals surface area contributed by atoms with Gasteiger partial charge in [0.25, 0.3) is 0 Å². The van der Waals surface area contributed by atoms with E-state index in [1.54, 1.807) is 24.8 Å². The normalized spacial score (nSPS) is 15.4. The summed E-state index contributed by atoms with van der Waals surface area (Å²) in [4.78, 5) is 14.5. The lowest BCUT2D eigenvalue weighted by Crippen LogP contribution is -2.48. The van der Waals surface area contributed by atoms with Gasteiger partial charge in [0.05, 0.1) is 10.9 Å². The van der Waals surface area contributed by atoms with E-state index in [2.05, 4.69) is 10.8 Å². The molecule has 2 aromatic rings. The number of halogens is 1. The maximum atomic E-state index is 12.7. The van der Waals surface area contributed by atoms with Crippen molar-refractivity contribution < 1.29 is 13.2 Å². The van der Waals surface area contributed by atoms with Crippen molar-refractivity contribution in [2.75, 3.05) is 6.54 Å². The van der Waals surface area contributed by atoms with E-state index in [-0.39, 0.29) is 10.8 Å². The van der Waals surface area contributed by atoms with E-state index in [0.29, 0.717) is 18.1 Å². The molecule has 7 heteroatoms. The third-order valence-electron chi connectivity index (χ3n) is 4.60. The van der Waals surface area contributed by atoms with Crippen molar-refractivity contribution in [3.8, 4) is 0 Å². The molecule has 0 aromatic heterocycles. The Morgan fingerprint density at radius 2 is 1.88 bits per heavy atom. The fourth-order valence-electron chi connectivity index (χ4n) is 3.05. The minimum Gasteiger partial charge on any atom is -0.337 e. The van der Waals surface area contributed by atoms with Crippen molar-refractivity contribution in [3.05, 3.63) is 64.2 Å².